The van der Waals surface area contributed by atoms with E-state index in [4.69, 9.17) is 9.47 Å². The molecule has 0 aliphatic rings. The molecule has 0 bridgehead atoms. The molecule has 56 heavy (non-hydrogen) atoms. The molecule has 0 amide bonds. The summed E-state index contributed by atoms with van der Waals surface area (Å²) in [5.41, 5.74) is 4.50. The predicted octanol–water partition coefficient (Wildman–Crippen LogP) is 13.5. The fourth-order valence-corrected chi connectivity index (χ4v) is 7.75. The van der Waals surface area contributed by atoms with Gasteiger partial charge in [-0.1, -0.05) is 167 Å². The number of ether oxygens (including phenoxy) is 2. The molecule has 0 saturated heterocycles. The van der Waals surface area contributed by atoms with E-state index in [9.17, 15) is 14.7 Å². The quantitative estimate of drug-likeness (QED) is 0.0525. The van der Waals surface area contributed by atoms with Crippen molar-refractivity contribution in [3.8, 4) is 0 Å². The molecule has 0 aliphatic heterocycles. The summed E-state index contributed by atoms with van der Waals surface area (Å²) < 4.78 is 11.0. The summed E-state index contributed by atoms with van der Waals surface area (Å²) >= 11 is 0. The number of carbonyl (C=O) groups is 2. The zero-order valence-electron chi connectivity index (χ0n) is 37.3. The highest BCUT2D eigenvalue weighted by atomic mass is 16.5. The third-order valence-corrected chi connectivity index (χ3v) is 11.4. The number of aryl methyl sites for hydroxylation is 3. The van der Waals surface area contributed by atoms with E-state index in [1.807, 2.05) is 0 Å². The van der Waals surface area contributed by atoms with Crippen molar-refractivity contribution >= 4 is 11.9 Å². The largest absolute Gasteiger partial charge is 0.466 e. The molecule has 0 heterocycles. The standard InChI is InChI=1S/C50H91NO5/c1-4-7-10-13-14-23-30-43-55-49(53)35-26-19-15-21-28-39-51(41-42-52)40-29-22-16-20-27-36-50(54)56-44-31-32-46-37-38-47(33-24-17-11-8-5-2)48(45-46)34-25-18-12-9-6-3/h37-38,45,52H,4-36,39-44H2,1-3H3. The highest BCUT2D eigenvalue weighted by molar-refractivity contribution is 5.69. The maximum atomic E-state index is 12.4. The highest BCUT2D eigenvalue weighted by Gasteiger charge is 2.09. The molecule has 0 atom stereocenters. The third-order valence-electron chi connectivity index (χ3n) is 11.4. The summed E-state index contributed by atoms with van der Waals surface area (Å²) in [6.45, 7) is 10.9. The van der Waals surface area contributed by atoms with Crippen molar-refractivity contribution in [1.82, 2.24) is 4.90 Å². The summed E-state index contributed by atoms with van der Waals surface area (Å²) in [6.07, 6.45) is 38.1. The number of carbonyl (C=O) groups excluding carboxylic acids is 2. The number of aliphatic hydroxyl groups excluding tert-OH is 1. The number of benzene rings is 1. The molecule has 6 nitrogen and oxygen atoms in total. The lowest BCUT2D eigenvalue weighted by atomic mass is 9.93. The van der Waals surface area contributed by atoms with Gasteiger partial charge in [0.2, 0.25) is 0 Å². The fourth-order valence-electron chi connectivity index (χ4n) is 7.75. The molecule has 1 rings (SSSR count). The second-order valence-electron chi connectivity index (χ2n) is 16.7. The fraction of sp³-hybridized carbons (Fsp3) is 0.840. The van der Waals surface area contributed by atoms with Crippen LogP contribution in [0.25, 0.3) is 0 Å². The van der Waals surface area contributed by atoms with Crippen molar-refractivity contribution < 1.29 is 24.2 Å². The molecule has 0 radical (unpaired) electrons. The van der Waals surface area contributed by atoms with Gasteiger partial charge < -0.3 is 19.5 Å². The molecule has 0 unspecified atom stereocenters. The van der Waals surface area contributed by atoms with Crippen molar-refractivity contribution in [2.24, 2.45) is 0 Å². The maximum absolute atomic E-state index is 12.4. The van der Waals surface area contributed by atoms with Gasteiger partial charge >= 0.3 is 11.9 Å². The van der Waals surface area contributed by atoms with E-state index in [-0.39, 0.29) is 18.5 Å². The molecule has 1 N–H and O–H groups in total. The van der Waals surface area contributed by atoms with Gasteiger partial charge in [0.25, 0.3) is 0 Å². The first-order valence-corrected chi connectivity index (χ1v) is 24.3. The van der Waals surface area contributed by atoms with E-state index in [2.05, 4.69) is 43.9 Å². The Balaban J connectivity index is 2.11. The van der Waals surface area contributed by atoms with Crippen LogP contribution in [0.2, 0.25) is 0 Å². The molecular weight excluding hydrogens is 695 g/mol. The average molecular weight is 786 g/mol. The van der Waals surface area contributed by atoms with Crippen LogP contribution in [0.1, 0.15) is 230 Å². The Labute approximate surface area is 347 Å². The monoisotopic (exact) mass is 786 g/mol. The van der Waals surface area contributed by atoms with E-state index in [0.717, 1.165) is 103 Å². The van der Waals surface area contributed by atoms with Gasteiger partial charge in [-0.3, -0.25) is 9.59 Å². The van der Waals surface area contributed by atoms with Gasteiger partial charge in [-0.25, -0.2) is 0 Å². The zero-order valence-corrected chi connectivity index (χ0v) is 37.3. The van der Waals surface area contributed by atoms with E-state index in [1.54, 1.807) is 11.1 Å². The predicted molar refractivity (Wildman–Crippen MR) is 239 cm³/mol. The lowest BCUT2D eigenvalue weighted by Crippen LogP contribution is -2.29. The van der Waals surface area contributed by atoms with Crippen molar-refractivity contribution in [3.63, 3.8) is 0 Å². The number of unbranched alkanes of at least 4 members (excludes halogenated alkanes) is 22. The van der Waals surface area contributed by atoms with Crippen LogP contribution >= 0.6 is 0 Å². The van der Waals surface area contributed by atoms with Crippen molar-refractivity contribution in [3.05, 3.63) is 34.9 Å². The van der Waals surface area contributed by atoms with Gasteiger partial charge in [-0.05, 0) is 100 Å². The summed E-state index contributed by atoms with van der Waals surface area (Å²) in [5.74, 6) is -0.0862. The number of esters is 2. The Morgan fingerprint density at radius 1 is 0.464 bits per heavy atom. The second kappa shape index (κ2) is 39.9. The number of hydrogen-bond acceptors (Lipinski definition) is 6. The summed E-state index contributed by atoms with van der Waals surface area (Å²) in [6, 6.07) is 7.15. The van der Waals surface area contributed by atoms with E-state index < -0.39 is 0 Å². The number of rotatable bonds is 42. The Bertz CT molecular complexity index is 1030. The first-order valence-electron chi connectivity index (χ1n) is 24.3. The van der Waals surface area contributed by atoms with Crippen molar-refractivity contribution in [2.75, 3.05) is 39.5 Å². The van der Waals surface area contributed by atoms with E-state index in [0.29, 0.717) is 26.1 Å². The lowest BCUT2D eigenvalue weighted by Gasteiger charge is -2.21. The first kappa shape index (κ1) is 52.1. The SMILES string of the molecule is CCCCCCCCCOC(=O)CCCCCCCN(CCO)CCCCCCCC(=O)OCCCc1ccc(CCCCCCC)c(CCCCCCC)c1. The minimum absolute atomic E-state index is 0.0344. The Kier molecular flexibility index (Phi) is 37.1. The average Bonchev–Trinajstić information content (AvgIpc) is 3.20. The number of hydrogen-bond donors (Lipinski definition) is 1. The maximum Gasteiger partial charge on any atom is 0.305 e. The molecule has 326 valence electrons. The van der Waals surface area contributed by atoms with Gasteiger partial charge in [0.15, 0.2) is 0 Å². The molecule has 6 heteroatoms. The molecular formula is C50H91NO5. The van der Waals surface area contributed by atoms with Crippen LogP contribution in [-0.2, 0) is 38.3 Å². The van der Waals surface area contributed by atoms with Crippen LogP contribution in [0.5, 0.6) is 0 Å². The van der Waals surface area contributed by atoms with Crippen LogP contribution in [0, 0.1) is 0 Å². The molecule has 0 aliphatic carbocycles. The lowest BCUT2D eigenvalue weighted by molar-refractivity contribution is -0.144. The van der Waals surface area contributed by atoms with Crippen molar-refractivity contribution in [2.45, 2.75) is 233 Å². The topological polar surface area (TPSA) is 76.1 Å². The smallest absolute Gasteiger partial charge is 0.305 e. The van der Waals surface area contributed by atoms with Gasteiger partial charge in [0.1, 0.15) is 0 Å². The van der Waals surface area contributed by atoms with Crippen LogP contribution in [0.4, 0.5) is 0 Å². The van der Waals surface area contributed by atoms with Crippen LogP contribution in [0.15, 0.2) is 18.2 Å². The normalized spacial score (nSPS) is 11.4. The van der Waals surface area contributed by atoms with Gasteiger partial charge in [-0.15, -0.1) is 0 Å². The summed E-state index contributed by atoms with van der Waals surface area (Å²) in [7, 11) is 0. The Morgan fingerprint density at radius 3 is 1.41 bits per heavy atom. The minimum Gasteiger partial charge on any atom is -0.466 e. The van der Waals surface area contributed by atoms with Gasteiger partial charge in [0, 0.05) is 19.4 Å². The first-order chi connectivity index (χ1) is 27.5. The Morgan fingerprint density at radius 2 is 0.893 bits per heavy atom. The van der Waals surface area contributed by atoms with E-state index >= 15 is 0 Å². The highest BCUT2D eigenvalue weighted by Crippen LogP contribution is 2.20. The van der Waals surface area contributed by atoms with Crippen LogP contribution < -0.4 is 0 Å². The summed E-state index contributed by atoms with van der Waals surface area (Å²) in [4.78, 5) is 26.8. The van der Waals surface area contributed by atoms with Gasteiger partial charge in [-0.2, -0.15) is 0 Å². The van der Waals surface area contributed by atoms with E-state index in [1.165, 1.54) is 121 Å². The molecule has 1 aromatic rings. The van der Waals surface area contributed by atoms with Crippen LogP contribution in [0.3, 0.4) is 0 Å². The van der Waals surface area contributed by atoms with Crippen LogP contribution in [-0.4, -0.2) is 61.4 Å². The summed E-state index contributed by atoms with van der Waals surface area (Å²) in [5, 5.41) is 9.54. The molecule has 1 aromatic carbocycles. The Hall–Kier alpha value is -1.92. The zero-order chi connectivity index (χ0) is 40.6. The number of aliphatic hydroxyl groups is 1. The van der Waals surface area contributed by atoms with Crippen molar-refractivity contribution in [1.29, 1.82) is 0 Å². The third kappa shape index (κ3) is 32.1. The minimum atomic E-state index is -0.0518. The molecule has 0 aromatic heterocycles. The molecule has 0 spiro atoms. The second-order valence-corrected chi connectivity index (χ2v) is 16.7. The van der Waals surface area contributed by atoms with Gasteiger partial charge in [0.05, 0.1) is 19.8 Å². The molecule has 0 saturated carbocycles. The number of nitrogens with zero attached hydrogens (tertiary/aromatic N) is 1. The molecule has 0 fully saturated rings.